The summed E-state index contributed by atoms with van der Waals surface area (Å²) in [6.07, 6.45) is 1.10. The van der Waals surface area contributed by atoms with Crippen LogP contribution in [0.25, 0.3) is 11.0 Å². The van der Waals surface area contributed by atoms with E-state index >= 15 is 0 Å². The molecule has 0 aliphatic carbocycles. The molecule has 1 saturated heterocycles. The number of anilines is 1. The third-order valence-corrected chi connectivity index (χ3v) is 6.87. The molecule has 1 aliphatic rings. The summed E-state index contributed by atoms with van der Waals surface area (Å²) in [7, 11) is -3.80. The van der Waals surface area contributed by atoms with Crippen LogP contribution in [-0.4, -0.2) is 41.7 Å². The van der Waals surface area contributed by atoms with E-state index < -0.39 is 21.8 Å². The quantitative estimate of drug-likeness (QED) is 0.601. The second-order valence-corrected chi connectivity index (χ2v) is 8.92. The first-order valence-corrected chi connectivity index (χ1v) is 10.6. The summed E-state index contributed by atoms with van der Waals surface area (Å²) < 4.78 is 40.0. The van der Waals surface area contributed by atoms with Crippen LogP contribution in [0.1, 0.15) is 12.8 Å². The number of aromatic nitrogens is 2. The summed E-state index contributed by atoms with van der Waals surface area (Å²) in [5.74, 6) is -1.32. The minimum absolute atomic E-state index is 0.00169. The lowest BCUT2D eigenvalue weighted by atomic mass is 9.98. The van der Waals surface area contributed by atoms with Crippen molar-refractivity contribution in [1.82, 2.24) is 14.3 Å². The topological polar surface area (TPSA) is 115 Å². The number of carbonyl (C=O) groups is 1. The maximum absolute atomic E-state index is 13.1. The van der Waals surface area contributed by atoms with Gasteiger partial charge in [-0.25, -0.2) is 17.6 Å². The number of hydrogen-bond acceptors (Lipinski definition) is 4. The first-order valence-electron chi connectivity index (χ1n) is 9.11. The van der Waals surface area contributed by atoms with Crippen LogP contribution in [-0.2, 0) is 14.8 Å². The number of piperidine rings is 1. The van der Waals surface area contributed by atoms with Crippen LogP contribution in [0.5, 0.6) is 0 Å². The van der Waals surface area contributed by atoms with E-state index in [1.165, 1.54) is 16.4 Å². The number of halogens is 1. The van der Waals surface area contributed by atoms with Gasteiger partial charge in [-0.1, -0.05) is 0 Å². The Labute approximate surface area is 165 Å². The molecule has 4 rings (SSSR count). The number of imidazole rings is 1. The molecule has 0 saturated carbocycles. The Morgan fingerprint density at radius 3 is 2.59 bits per heavy atom. The van der Waals surface area contributed by atoms with Gasteiger partial charge in [-0.3, -0.25) is 4.79 Å². The average molecular weight is 418 g/mol. The maximum Gasteiger partial charge on any atom is 0.323 e. The Balaban J connectivity index is 1.48. The van der Waals surface area contributed by atoms with Gasteiger partial charge in [-0.15, -0.1) is 0 Å². The molecule has 10 heteroatoms. The second kappa shape index (κ2) is 7.45. The van der Waals surface area contributed by atoms with Crippen molar-refractivity contribution in [3.63, 3.8) is 0 Å². The highest BCUT2D eigenvalue weighted by Gasteiger charge is 2.33. The van der Waals surface area contributed by atoms with E-state index in [4.69, 9.17) is 0 Å². The molecule has 1 aromatic heterocycles. The molecule has 1 atom stereocenters. The smallest absolute Gasteiger partial charge is 0.323 e. The van der Waals surface area contributed by atoms with Gasteiger partial charge in [0.05, 0.1) is 21.8 Å². The lowest BCUT2D eigenvalue weighted by Crippen LogP contribution is -2.43. The first kappa shape index (κ1) is 19.3. The number of amides is 1. The number of H-pyrrole nitrogens is 2. The van der Waals surface area contributed by atoms with Crippen LogP contribution in [0, 0.1) is 11.7 Å². The van der Waals surface area contributed by atoms with Gasteiger partial charge < -0.3 is 15.3 Å². The SMILES string of the molecule is O=C(Nc1ccc2[nH]c(=O)[nH]c2c1)[C@H]1CCCN(S(=O)(=O)c2ccc(F)cc2)C1. The Morgan fingerprint density at radius 2 is 1.83 bits per heavy atom. The fourth-order valence-corrected chi connectivity index (χ4v) is 5.01. The van der Waals surface area contributed by atoms with Gasteiger partial charge in [0.25, 0.3) is 0 Å². The zero-order valence-electron chi connectivity index (χ0n) is 15.3. The predicted molar refractivity (Wildman–Crippen MR) is 105 cm³/mol. The summed E-state index contributed by atoms with van der Waals surface area (Å²) in [6.45, 7) is 0.356. The summed E-state index contributed by atoms with van der Waals surface area (Å²) in [5.41, 5.74) is 1.37. The lowest BCUT2D eigenvalue weighted by molar-refractivity contribution is -0.120. The Morgan fingerprint density at radius 1 is 1.10 bits per heavy atom. The van der Waals surface area contributed by atoms with E-state index in [0.29, 0.717) is 36.1 Å². The molecule has 0 bridgehead atoms. The van der Waals surface area contributed by atoms with E-state index in [0.717, 1.165) is 12.1 Å². The van der Waals surface area contributed by atoms with Crippen LogP contribution >= 0.6 is 0 Å². The average Bonchev–Trinajstić information content (AvgIpc) is 3.07. The molecule has 1 fully saturated rings. The van der Waals surface area contributed by atoms with E-state index in [1.807, 2.05) is 0 Å². The van der Waals surface area contributed by atoms with E-state index in [2.05, 4.69) is 15.3 Å². The van der Waals surface area contributed by atoms with E-state index in [1.54, 1.807) is 18.2 Å². The van der Waals surface area contributed by atoms with E-state index in [9.17, 15) is 22.4 Å². The minimum Gasteiger partial charge on any atom is -0.326 e. The number of rotatable bonds is 4. The standard InChI is InChI=1S/C19H19FN4O4S/c20-13-3-6-15(7-4-13)29(27,28)24-9-1-2-12(11-24)18(25)21-14-5-8-16-17(10-14)23-19(26)22-16/h3-8,10,12H,1-2,9,11H2,(H,21,25)(H2,22,23,26)/t12-/m0/s1. The number of aromatic amines is 2. The summed E-state index contributed by atoms with van der Waals surface area (Å²) in [4.78, 5) is 29.3. The third-order valence-electron chi connectivity index (χ3n) is 4.99. The molecular weight excluding hydrogens is 399 g/mol. The highest BCUT2D eigenvalue weighted by Crippen LogP contribution is 2.25. The predicted octanol–water partition coefficient (Wildman–Crippen LogP) is 2.03. The van der Waals surface area contributed by atoms with Crippen LogP contribution in [0.4, 0.5) is 10.1 Å². The van der Waals surface area contributed by atoms with E-state index in [-0.39, 0.29) is 23.0 Å². The fraction of sp³-hybridized carbons (Fsp3) is 0.263. The second-order valence-electron chi connectivity index (χ2n) is 6.98. The van der Waals surface area contributed by atoms with Gasteiger partial charge in [0.1, 0.15) is 5.82 Å². The Kier molecular flexibility index (Phi) is 4.97. The molecule has 3 aromatic rings. The van der Waals surface area contributed by atoms with Crippen molar-refractivity contribution in [2.75, 3.05) is 18.4 Å². The molecule has 2 aromatic carbocycles. The molecule has 152 valence electrons. The number of carbonyl (C=O) groups excluding carboxylic acids is 1. The molecule has 29 heavy (non-hydrogen) atoms. The van der Waals surface area contributed by atoms with Crippen LogP contribution < -0.4 is 11.0 Å². The fourth-order valence-electron chi connectivity index (χ4n) is 3.48. The van der Waals surface area contributed by atoms with Crippen molar-refractivity contribution in [1.29, 1.82) is 0 Å². The molecule has 0 unspecified atom stereocenters. The van der Waals surface area contributed by atoms with Crippen molar-refractivity contribution in [2.45, 2.75) is 17.7 Å². The molecule has 0 spiro atoms. The third kappa shape index (κ3) is 3.94. The zero-order chi connectivity index (χ0) is 20.6. The lowest BCUT2D eigenvalue weighted by Gasteiger charge is -2.31. The minimum atomic E-state index is -3.80. The van der Waals surface area contributed by atoms with Gasteiger partial charge >= 0.3 is 5.69 Å². The van der Waals surface area contributed by atoms with Gasteiger partial charge in [-0.05, 0) is 55.3 Å². The number of hydrogen-bond donors (Lipinski definition) is 3. The van der Waals surface area contributed by atoms with Crippen LogP contribution in [0.3, 0.4) is 0 Å². The molecule has 0 radical (unpaired) electrons. The van der Waals surface area contributed by atoms with Gasteiger partial charge in [0, 0.05) is 18.8 Å². The van der Waals surface area contributed by atoms with Crippen molar-refractivity contribution in [3.8, 4) is 0 Å². The highest BCUT2D eigenvalue weighted by molar-refractivity contribution is 7.89. The monoisotopic (exact) mass is 418 g/mol. The molecule has 1 aliphatic heterocycles. The summed E-state index contributed by atoms with van der Waals surface area (Å²) in [6, 6.07) is 9.63. The number of nitrogens with zero attached hydrogens (tertiary/aromatic N) is 1. The normalized spacial score (nSPS) is 18.0. The Hall–Kier alpha value is -2.98. The molecular formula is C19H19FN4O4S. The summed E-state index contributed by atoms with van der Waals surface area (Å²) in [5, 5.41) is 2.79. The van der Waals surface area contributed by atoms with Gasteiger partial charge in [0.2, 0.25) is 15.9 Å². The van der Waals surface area contributed by atoms with Crippen LogP contribution in [0.15, 0.2) is 52.2 Å². The Bertz CT molecular complexity index is 1220. The molecule has 3 N–H and O–H groups in total. The highest BCUT2D eigenvalue weighted by atomic mass is 32.2. The van der Waals surface area contributed by atoms with Gasteiger partial charge in [-0.2, -0.15) is 4.31 Å². The van der Waals surface area contributed by atoms with Gasteiger partial charge in [0.15, 0.2) is 0 Å². The van der Waals surface area contributed by atoms with Crippen molar-refractivity contribution >= 4 is 32.7 Å². The molecule has 8 nitrogen and oxygen atoms in total. The van der Waals surface area contributed by atoms with Crippen molar-refractivity contribution in [2.24, 2.45) is 5.92 Å². The number of sulfonamides is 1. The number of nitrogens with one attached hydrogen (secondary N) is 3. The van der Waals surface area contributed by atoms with Crippen molar-refractivity contribution < 1.29 is 17.6 Å². The van der Waals surface area contributed by atoms with Crippen LogP contribution in [0.2, 0.25) is 0 Å². The maximum atomic E-state index is 13.1. The largest absolute Gasteiger partial charge is 0.326 e. The van der Waals surface area contributed by atoms with Crippen molar-refractivity contribution in [3.05, 3.63) is 58.8 Å². The number of benzene rings is 2. The first-order chi connectivity index (χ1) is 13.8. The molecule has 2 heterocycles. The zero-order valence-corrected chi connectivity index (χ0v) is 16.1. The number of fused-ring (bicyclic) bond motifs is 1. The summed E-state index contributed by atoms with van der Waals surface area (Å²) >= 11 is 0. The molecule has 1 amide bonds.